The smallest absolute Gasteiger partial charge is 0.154 e. The van der Waals surface area contributed by atoms with Gasteiger partial charge in [0.1, 0.15) is 10.1 Å². The summed E-state index contributed by atoms with van der Waals surface area (Å²) in [7, 11) is 0. The predicted octanol–water partition coefficient (Wildman–Crippen LogP) is 2.93. The lowest BCUT2D eigenvalue weighted by atomic mass is 10.3. The van der Waals surface area contributed by atoms with E-state index in [9.17, 15) is 4.79 Å². The van der Waals surface area contributed by atoms with Gasteiger partial charge in [0, 0.05) is 12.4 Å². The van der Waals surface area contributed by atoms with Crippen LogP contribution in [0.25, 0.3) is 5.69 Å². The van der Waals surface area contributed by atoms with Crippen LogP contribution in [0.15, 0.2) is 59.0 Å². The minimum atomic E-state index is 0.578. The summed E-state index contributed by atoms with van der Waals surface area (Å²) >= 11 is 1.38. The molecule has 0 aliphatic carbocycles. The van der Waals surface area contributed by atoms with E-state index < -0.39 is 0 Å². The van der Waals surface area contributed by atoms with Gasteiger partial charge in [-0.1, -0.05) is 18.2 Å². The summed E-state index contributed by atoms with van der Waals surface area (Å²) in [5.41, 5.74) is 2.18. The number of rotatable bonds is 4. The van der Waals surface area contributed by atoms with Crippen molar-refractivity contribution in [1.29, 1.82) is 0 Å². The largest absolute Gasteiger partial charge is 0.298 e. The van der Waals surface area contributed by atoms with E-state index in [2.05, 4.69) is 15.1 Å². The lowest BCUT2D eigenvalue weighted by molar-refractivity contribution is 0.112. The molecule has 3 rings (SSSR count). The lowest BCUT2D eigenvalue weighted by Gasteiger charge is -2.06. The third-order valence-electron chi connectivity index (χ3n) is 2.92. The third-order valence-corrected chi connectivity index (χ3v) is 3.93. The van der Waals surface area contributed by atoms with Gasteiger partial charge >= 0.3 is 0 Å². The van der Waals surface area contributed by atoms with Gasteiger partial charge in [-0.3, -0.25) is 9.78 Å². The Morgan fingerprint density at radius 2 is 2.00 bits per heavy atom. The quantitative estimate of drug-likeness (QED) is 0.693. The van der Waals surface area contributed by atoms with Gasteiger partial charge in [-0.2, -0.15) is 5.10 Å². The zero-order valence-electron chi connectivity index (χ0n) is 11.3. The highest BCUT2D eigenvalue weighted by Crippen LogP contribution is 2.31. The highest BCUT2D eigenvalue weighted by molar-refractivity contribution is 7.99. The zero-order chi connectivity index (χ0) is 14.7. The maximum Gasteiger partial charge on any atom is 0.154 e. The number of benzene rings is 1. The molecule has 104 valence electrons. The molecule has 0 N–H and O–H groups in total. The molecule has 0 saturated heterocycles. The van der Waals surface area contributed by atoms with E-state index in [-0.39, 0.29) is 0 Å². The summed E-state index contributed by atoms with van der Waals surface area (Å²) in [4.78, 5) is 19.7. The first-order valence-corrected chi connectivity index (χ1v) is 7.15. The van der Waals surface area contributed by atoms with E-state index >= 15 is 0 Å². The van der Waals surface area contributed by atoms with Crippen LogP contribution in [-0.2, 0) is 0 Å². The normalized spacial score (nSPS) is 10.5. The Morgan fingerprint density at radius 1 is 1.19 bits per heavy atom. The second-order valence-corrected chi connectivity index (χ2v) is 5.32. The molecule has 3 aromatic rings. The maximum absolute atomic E-state index is 11.4. The Balaban J connectivity index is 2.11. The third kappa shape index (κ3) is 2.71. The lowest BCUT2D eigenvalue weighted by Crippen LogP contribution is -1.99. The molecule has 0 atom stereocenters. The summed E-state index contributed by atoms with van der Waals surface area (Å²) < 4.78 is 1.76. The molecule has 2 heterocycles. The summed E-state index contributed by atoms with van der Waals surface area (Å²) in [6.45, 7) is 1.82. The average Bonchev–Trinajstić information content (AvgIpc) is 2.85. The van der Waals surface area contributed by atoms with Crippen LogP contribution in [0.2, 0.25) is 0 Å². The van der Waals surface area contributed by atoms with Crippen LogP contribution < -0.4 is 0 Å². The molecule has 0 aliphatic rings. The van der Waals surface area contributed by atoms with Crippen molar-refractivity contribution in [2.24, 2.45) is 0 Å². The molecule has 1 aromatic carbocycles. The van der Waals surface area contributed by atoms with Crippen molar-refractivity contribution in [1.82, 2.24) is 19.7 Å². The van der Waals surface area contributed by atoms with Crippen molar-refractivity contribution in [2.45, 2.75) is 17.0 Å². The fraction of sp³-hybridized carbons (Fsp3) is 0.0667. The van der Waals surface area contributed by atoms with Gasteiger partial charge in [-0.05, 0) is 30.8 Å². The van der Waals surface area contributed by atoms with Crippen molar-refractivity contribution < 1.29 is 4.79 Å². The van der Waals surface area contributed by atoms with Crippen LogP contribution in [0.5, 0.6) is 0 Å². The first kappa shape index (κ1) is 13.5. The number of para-hydroxylation sites is 1. The van der Waals surface area contributed by atoms with Crippen molar-refractivity contribution >= 4 is 18.0 Å². The molecule has 0 fully saturated rings. The molecule has 21 heavy (non-hydrogen) atoms. The molecule has 2 aromatic heterocycles. The van der Waals surface area contributed by atoms with Crippen LogP contribution in [0.1, 0.15) is 16.1 Å². The second-order valence-electron chi connectivity index (χ2n) is 4.32. The van der Waals surface area contributed by atoms with Gasteiger partial charge in [0.2, 0.25) is 0 Å². The molecular formula is C15H12N4OS. The van der Waals surface area contributed by atoms with Gasteiger partial charge in [0.05, 0.1) is 23.1 Å². The Kier molecular flexibility index (Phi) is 3.79. The minimum absolute atomic E-state index is 0.578. The van der Waals surface area contributed by atoms with Crippen LogP contribution >= 0.6 is 11.8 Å². The van der Waals surface area contributed by atoms with Crippen molar-refractivity contribution in [2.75, 3.05) is 0 Å². The molecule has 0 spiro atoms. The number of hydrogen-bond donors (Lipinski definition) is 0. The second kappa shape index (κ2) is 5.88. The molecule has 0 amide bonds. The monoisotopic (exact) mass is 296 g/mol. The number of aldehydes is 1. The summed E-state index contributed by atoms with van der Waals surface area (Å²) in [5, 5.41) is 5.93. The standard InChI is InChI=1S/C15H12N4OS/c1-11-13(10-20)15(21-14-9-16-7-8-17-14)19(18-11)12-5-3-2-4-6-12/h2-10H,1H3. The first-order chi connectivity index (χ1) is 10.3. The van der Waals surface area contributed by atoms with Crippen LogP contribution in [0.3, 0.4) is 0 Å². The number of hydrogen-bond acceptors (Lipinski definition) is 5. The van der Waals surface area contributed by atoms with Gasteiger partial charge < -0.3 is 0 Å². The minimum Gasteiger partial charge on any atom is -0.298 e. The van der Waals surface area contributed by atoms with E-state index in [0.717, 1.165) is 22.0 Å². The SMILES string of the molecule is Cc1nn(-c2ccccc2)c(Sc2cnccn2)c1C=O. The van der Waals surface area contributed by atoms with E-state index in [0.29, 0.717) is 11.3 Å². The fourth-order valence-corrected chi connectivity index (χ4v) is 2.90. The Hall–Kier alpha value is -2.47. The molecular weight excluding hydrogens is 284 g/mol. The molecule has 0 bridgehead atoms. The Morgan fingerprint density at radius 3 is 2.67 bits per heavy atom. The fourth-order valence-electron chi connectivity index (χ4n) is 1.93. The van der Waals surface area contributed by atoms with Crippen molar-refractivity contribution in [3.8, 4) is 5.69 Å². The number of carbonyl (C=O) groups excluding carboxylic acids is 1. The van der Waals surface area contributed by atoms with Gasteiger partial charge in [0.15, 0.2) is 6.29 Å². The molecule has 0 aliphatic heterocycles. The molecule has 0 saturated carbocycles. The predicted molar refractivity (Wildman–Crippen MR) is 79.8 cm³/mol. The Bertz CT molecular complexity index is 756. The number of carbonyl (C=O) groups is 1. The van der Waals surface area contributed by atoms with Gasteiger partial charge in [0.25, 0.3) is 0 Å². The van der Waals surface area contributed by atoms with Crippen molar-refractivity contribution in [3.05, 3.63) is 60.2 Å². The maximum atomic E-state index is 11.4. The molecule has 6 heteroatoms. The van der Waals surface area contributed by atoms with Crippen LogP contribution in [-0.4, -0.2) is 26.0 Å². The Labute approximate surface area is 126 Å². The van der Waals surface area contributed by atoms with E-state index in [1.807, 2.05) is 37.3 Å². The van der Waals surface area contributed by atoms with Crippen molar-refractivity contribution in [3.63, 3.8) is 0 Å². The molecule has 5 nitrogen and oxygen atoms in total. The molecule has 0 unspecified atom stereocenters. The summed E-state index contributed by atoms with van der Waals surface area (Å²) in [6.07, 6.45) is 5.74. The number of aromatic nitrogens is 4. The highest BCUT2D eigenvalue weighted by atomic mass is 32.2. The topological polar surface area (TPSA) is 60.7 Å². The van der Waals surface area contributed by atoms with Gasteiger partial charge in [-0.25, -0.2) is 9.67 Å². The van der Waals surface area contributed by atoms with Gasteiger partial charge in [-0.15, -0.1) is 0 Å². The van der Waals surface area contributed by atoms with E-state index in [1.54, 1.807) is 23.3 Å². The average molecular weight is 296 g/mol. The molecule has 0 radical (unpaired) electrons. The summed E-state index contributed by atoms with van der Waals surface area (Å²) in [5.74, 6) is 0. The number of nitrogens with zero attached hydrogens (tertiary/aromatic N) is 4. The number of aryl methyl sites for hydroxylation is 1. The van der Waals surface area contributed by atoms with Crippen LogP contribution in [0, 0.1) is 6.92 Å². The zero-order valence-corrected chi connectivity index (χ0v) is 12.1. The first-order valence-electron chi connectivity index (χ1n) is 6.33. The van der Waals surface area contributed by atoms with Crippen LogP contribution in [0.4, 0.5) is 0 Å². The summed E-state index contributed by atoms with van der Waals surface area (Å²) in [6, 6.07) is 9.70. The highest BCUT2D eigenvalue weighted by Gasteiger charge is 2.17. The van der Waals surface area contributed by atoms with E-state index in [1.165, 1.54) is 11.8 Å². The van der Waals surface area contributed by atoms with E-state index in [4.69, 9.17) is 0 Å².